The average molecular weight is 428 g/mol. The van der Waals surface area contributed by atoms with E-state index in [4.69, 9.17) is 9.47 Å². The molecule has 1 saturated carbocycles. The van der Waals surface area contributed by atoms with E-state index < -0.39 is 0 Å². The van der Waals surface area contributed by atoms with Gasteiger partial charge in [0.15, 0.2) is 11.5 Å². The Hall–Kier alpha value is -2.77. The molecular weight excluding hydrogens is 398 g/mol. The molecule has 31 heavy (non-hydrogen) atoms. The summed E-state index contributed by atoms with van der Waals surface area (Å²) in [6.45, 7) is 5.54. The molecule has 166 valence electrons. The third-order valence-electron chi connectivity index (χ3n) is 7.12. The minimum absolute atomic E-state index is 0.00308. The number of likely N-dealkylation sites (tertiary alicyclic amines) is 1. The van der Waals surface area contributed by atoms with E-state index in [-0.39, 0.29) is 42.3 Å². The molecule has 8 heteroatoms. The number of carbonyl (C=O) groups excluding carboxylic acids is 3. The summed E-state index contributed by atoms with van der Waals surface area (Å²) in [5.74, 6) is 2.25. The van der Waals surface area contributed by atoms with Crippen molar-refractivity contribution in [1.29, 1.82) is 0 Å². The van der Waals surface area contributed by atoms with Gasteiger partial charge >= 0.3 is 0 Å². The van der Waals surface area contributed by atoms with Gasteiger partial charge in [-0.05, 0) is 42.9 Å². The van der Waals surface area contributed by atoms with E-state index in [1.165, 1.54) is 0 Å². The number of ether oxygens (including phenoxy) is 2. The Morgan fingerprint density at radius 3 is 2.16 bits per heavy atom. The van der Waals surface area contributed by atoms with Crippen LogP contribution in [0.2, 0.25) is 0 Å². The first kappa shape index (κ1) is 20.2. The first-order valence-electron chi connectivity index (χ1n) is 11.2. The van der Waals surface area contributed by atoms with Gasteiger partial charge in [0.2, 0.25) is 24.5 Å². The lowest BCUT2D eigenvalue weighted by molar-refractivity contribution is -0.144. The van der Waals surface area contributed by atoms with Crippen LogP contribution in [-0.4, -0.2) is 78.5 Å². The van der Waals surface area contributed by atoms with Crippen LogP contribution in [0.3, 0.4) is 0 Å². The third-order valence-corrected chi connectivity index (χ3v) is 7.12. The summed E-state index contributed by atoms with van der Waals surface area (Å²) in [5.41, 5.74) is 1.13. The molecule has 0 aromatic heterocycles. The lowest BCUT2D eigenvalue weighted by Crippen LogP contribution is -2.53. The topological polar surface area (TPSA) is 79.4 Å². The molecule has 3 fully saturated rings. The number of fused-ring (bicyclic) bond motifs is 1. The first-order valence-corrected chi connectivity index (χ1v) is 11.2. The van der Waals surface area contributed by atoms with E-state index in [1.54, 1.807) is 6.92 Å². The molecule has 3 heterocycles. The maximum atomic E-state index is 13.0. The second-order valence-corrected chi connectivity index (χ2v) is 8.99. The molecule has 0 N–H and O–H groups in total. The Morgan fingerprint density at radius 1 is 0.839 bits per heavy atom. The van der Waals surface area contributed by atoms with E-state index in [0.717, 1.165) is 36.3 Å². The van der Waals surface area contributed by atoms with Crippen LogP contribution in [0, 0.1) is 11.8 Å². The highest BCUT2D eigenvalue weighted by molar-refractivity contribution is 5.84. The van der Waals surface area contributed by atoms with Gasteiger partial charge in [0.1, 0.15) is 0 Å². The molecular formula is C23H29N3O5. The number of piperidine rings is 1. The lowest BCUT2D eigenvalue weighted by atomic mass is 9.95. The van der Waals surface area contributed by atoms with E-state index >= 15 is 0 Å². The van der Waals surface area contributed by atoms with Gasteiger partial charge in [0.25, 0.3) is 0 Å². The van der Waals surface area contributed by atoms with Crippen LogP contribution in [0.5, 0.6) is 11.5 Å². The van der Waals surface area contributed by atoms with Crippen LogP contribution < -0.4 is 9.47 Å². The predicted octanol–water partition coefficient (Wildman–Crippen LogP) is 1.45. The average Bonchev–Trinajstić information content (AvgIpc) is 3.47. The number of benzene rings is 1. The first-order chi connectivity index (χ1) is 15.0. The standard InChI is InChI=1S/C23H29N3O5/c1-15(27)24-6-4-16(5-7-24)22(28)25-8-10-26(11-9-25)23(29)19-13-18(19)17-2-3-20-21(12-17)31-14-30-20/h2-3,12,16,18-19H,4-11,13-14H2,1H3. The minimum Gasteiger partial charge on any atom is -0.454 e. The number of hydrogen-bond acceptors (Lipinski definition) is 5. The fourth-order valence-electron chi connectivity index (χ4n) is 5.06. The maximum Gasteiger partial charge on any atom is 0.231 e. The highest BCUT2D eigenvalue weighted by Gasteiger charge is 2.46. The number of nitrogens with zero attached hydrogens (tertiary/aromatic N) is 3. The van der Waals surface area contributed by atoms with Crippen LogP contribution in [0.4, 0.5) is 0 Å². The molecule has 3 aliphatic heterocycles. The van der Waals surface area contributed by atoms with Crippen LogP contribution in [0.15, 0.2) is 18.2 Å². The molecule has 1 aliphatic carbocycles. The van der Waals surface area contributed by atoms with Crippen molar-refractivity contribution >= 4 is 17.7 Å². The van der Waals surface area contributed by atoms with Gasteiger partial charge in [-0.15, -0.1) is 0 Å². The van der Waals surface area contributed by atoms with Gasteiger partial charge in [0, 0.05) is 58.0 Å². The summed E-state index contributed by atoms with van der Waals surface area (Å²) in [7, 11) is 0. The van der Waals surface area contributed by atoms with Crippen LogP contribution in [-0.2, 0) is 14.4 Å². The van der Waals surface area contributed by atoms with Crippen molar-refractivity contribution in [2.24, 2.45) is 11.8 Å². The van der Waals surface area contributed by atoms with Crippen molar-refractivity contribution in [2.45, 2.75) is 32.1 Å². The molecule has 1 aromatic rings. The van der Waals surface area contributed by atoms with Crippen molar-refractivity contribution in [1.82, 2.24) is 14.7 Å². The van der Waals surface area contributed by atoms with Gasteiger partial charge in [-0.1, -0.05) is 6.07 Å². The minimum atomic E-state index is -0.00308. The number of piperazine rings is 1. The fraction of sp³-hybridized carbons (Fsp3) is 0.609. The Bertz CT molecular complexity index is 887. The predicted molar refractivity (Wildman–Crippen MR) is 112 cm³/mol. The molecule has 0 bridgehead atoms. The second-order valence-electron chi connectivity index (χ2n) is 8.99. The zero-order valence-electron chi connectivity index (χ0n) is 17.9. The molecule has 2 atom stereocenters. The molecule has 0 spiro atoms. The smallest absolute Gasteiger partial charge is 0.231 e. The van der Waals surface area contributed by atoms with Crippen molar-refractivity contribution in [3.05, 3.63) is 23.8 Å². The number of hydrogen-bond donors (Lipinski definition) is 0. The van der Waals surface area contributed by atoms with Crippen molar-refractivity contribution in [3.8, 4) is 11.5 Å². The monoisotopic (exact) mass is 427 g/mol. The van der Waals surface area contributed by atoms with Crippen molar-refractivity contribution < 1.29 is 23.9 Å². The lowest BCUT2D eigenvalue weighted by Gasteiger charge is -2.38. The van der Waals surface area contributed by atoms with Crippen molar-refractivity contribution in [3.63, 3.8) is 0 Å². The molecule has 5 rings (SSSR count). The van der Waals surface area contributed by atoms with Gasteiger partial charge in [-0.3, -0.25) is 14.4 Å². The summed E-state index contributed by atoms with van der Waals surface area (Å²) in [4.78, 5) is 43.0. The molecule has 2 unspecified atom stereocenters. The Kier molecular flexibility index (Phi) is 5.24. The SMILES string of the molecule is CC(=O)N1CCC(C(=O)N2CCN(C(=O)C3CC3c3ccc4c(c3)OCO4)CC2)CC1. The van der Waals surface area contributed by atoms with E-state index in [2.05, 4.69) is 0 Å². The normalized spacial score (nSPS) is 25.5. The van der Waals surface area contributed by atoms with Gasteiger partial charge < -0.3 is 24.2 Å². The molecule has 1 aromatic carbocycles. The molecule has 0 radical (unpaired) electrons. The van der Waals surface area contributed by atoms with Crippen LogP contribution in [0.25, 0.3) is 0 Å². The van der Waals surface area contributed by atoms with E-state index in [0.29, 0.717) is 39.3 Å². The Morgan fingerprint density at radius 2 is 1.48 bits per heavy atom. The largest absolute Gasteiger partial charge is 0.454 e. The number of rotatable bonds is 3. The van der Waals surface area contributed by atoms with Gasteiger partial charge in [-0.2, -0.15) is 0 Å². The zero-order chi connectivity index (χ0) is 21.5. The third kappa shape index (κ3) is 3.95. The quantitative estimate of drug-likeness (QED) is 0.730. The Labute approximate surface area is 182 Å². The second kappa shape index (κ2) is 8.05. The van der Waals surface area contributed by atoms with Crippen LogP contribution in [0.1, 0.15) is 37.7 Å². The molecule has 2 saturated heterocycles. The highest BCUT2D eigenvalue weighted by atomic mass is 16.7. The van der Waals surface area contributed by atoms with Gasteiger partial charge in [-0.25, -0.2) is 0 Å². The summed E-state index contributed by atoms with van der Waals surface area (Å²) in [5, 5.41) is 0. The highest BCUT2D eigenvalue weighted by Crippen LogP contribution is 2.50. The fourth-order valence-corrected chi connectivity index (χ4v) is 5.06. The van der Waals surface area contributed by atoms with Crippen LogP contribution >= 0.6 is 0 Å². The maximum absolute atomic E-state index is 13.0. The summed E-state index contributed by atoms with van der Waals surface area (Å²) < 4.78 is 10.8. The summed E-state index contributed by atoms with van der Waals surface area (Å²) >= 11 is 0. The van der Waals surface area contributed by atoms with Crippen molar-refractivity contribution in [2.75, 3.05) is 46.1 Å². The number of carbonyl (C=O) groups is 3. The molecule has 3 amide bonds. The molecule has 4 aliphatic rings. The zero-order valence-corrected chi connectivity index (χ0v) is 17.9. The van der Waals surface area contributed by atoms with E-state index in [9.17, 15) is 14.4 Å². The number of amides is 3. The summed E-state index contributed by atoms with van der Waals surface area (Å²) in [6, 6.07) is 5.94. The molecule has 8 nitrogen and oxygen atoms in total. The van der Waals surface area contributed by atoms with E-state index in [1.807, 2.05) is 32.9 Å². The Balaban J connectivity index is 1.11. The summed E-state index contributed by atoms with van der Waals surface area (Å²) in [6.07, 6.45) is 2.33. The van der Waals surface area contributed by atoms with Gasteiger partial charge in [0.05, 0.1) is 0 Å².